The van der Waals surface area contributed by atoms with Crippen molar-refractivity contribution in [1.29, 1.82) is 0 Å². The summed E-state index contributed by atoms with van der Waals surface area (Å²) in [6, 6.07) is 0. The van der Waals surface area contributed by atoms with E-state index in [1.807, 2.05) is 0 Å². The summed E-state index contributed by atoms with van der Waals surface area (Å²) in [6.07, 6.45) is 5.75. The molecule has 0 aliphatic carbocycles. The summed E-state index contributed by atoms with van der Waals surface area (Å²) in [6.45, 7) is 1.55. The second-order valence-corrected chi connectivity index (χ2v) is 4.97. The van der Waals surface area contributed by atoms with Gasteiger partial charge in [-0.2, -0.15) is 0 Å². The Kier molecular flexibility index (Phi) is 4.05. The zero-order valence-electron chi connectivity index (χ0n) is 8.82. The first-order valence-electron chi connectivity index (χ1n) is 5.51. The first-order chi connectivity index (χ1) is 7.38. The Morgan fingerprint density at radius 2 is 2.20 bits per heavy atom. The average molecular weight is 227 g/mol. The molecule has 1 fully saturated rings. The zero-order valence-corrected chi connectivity index (χ0v) is 9.63. The normalized spacial score (nSPS) is 21.8. The summed E-state index contributed by atoms with van der Waals surface area (Å²) in [5, 5.41) is 10.4. The van der Waals surface area contributed by atoms with Crippen LogP contribution in [0.5, 0.6) is 0 Å². The third kappa shape index (κ3) is 3.22. The predicted molar refractivity (Wildman–Crippen MR) is 60.0 cm³/mol. The minimum Gasteiger partial charge on any atom is -0.378 e. The van der Waals surface area contributed by atoms with Crippen LogP contribution in [0.25, 0.3) is 0 Å². The molecule has 4 nitrogen and oxygen atoms in total. The largest absolute Gasteiger partial charge is 0.378 e. The summed E-state index contributed by atoms with van der Waals surface area (Å²) in [5.41, 5.74) is 5.47. The van der Waals surface area contributed by atoms with Gasteiger partial charge < -0.3 is 10.5 Å². The van der Waals surface area contributed by atoms with Crippen LogP contribution >= 0.6 is 11.3 Å². The van der Waals surface area contributed by atoms with Gasteiger partial charge >= 0.3 is 0 Å². The number of hydrogen-bond donors (Lipinski definition) is 1. The molecule has 0 spiro atoms. The molecule has 5 heteroatoms. The molecule has 0 aromatic carbocycles. The maximum atomic E-state index is 5.67. The predicted octanol–water partition coefficient (Wildman–Crippen LogP) is 1.15. The molecule has 1 aliphatic rings. The zero-order chi connectivity index (χ0) is 10.5. The Morgan fingerprint density at radius 1 is 1.33 bits per heavy atom. The lowest BCUT2D eigenvalue weighted by atomic mass is 10.1. The van der Waals surface area contributed by atoms with Crippen molar-refractivity contribution in [2.45, 2.75) is 38.2 Å². The van der Waals surface area contributed by atoms with Crippen molar-refractivity contribution in [2.75, 3.05) is 13.2 Å². The van der Waals surface area contributed by atoms with Gasteiger partial charge in [-0.25, -0.2) is 0 Å². The third-order valence-electron chi connectivity index (χ3n) is 2.54. The third-order valence-corrected chi connectivity index (χ3v) is 3.55. The molecular formula is C10H17N3OS. The molecule has 1 unspecified atom stereocenters. The van der Waals surface area contributed by atoms with E-state index in [1.165, 1.54) is 12.8 Å². The summed E-state index contributed by atoms with van der Waals surface area (Å²) < 4.78 is 5.67. The van der Waals surface area contributed by atoms with Crippen LogP contribution in [0.1, 0.15) is 29.3 Å². The van der Waals surface area contributed by atoms with Gasteiger partial charge in [0.25, 0.3) is 0 Å². The molecule has 1 aromatic rings. The summed E-state index contributed by atoms with van der Waals surface area (Å²) in [5.74, 6) is 0. The van der Waals surface area contributed by atoms with E-state index in [-0.39, 0.29) is 0 Å². The lowest BCUT2D eigenvalue weighted by Gasteiger charge is -2.21. The van der Waals surface area contributed by atoms with Gasteiger partial charge in [-0.05, 0) is 25.8 Å². The van der Waals surface area contributed by atoms with Crippen molar-refractivity contribution in [2.24, 2.45) is 5.73 Å². The van der Waals surface area contributed by atoms with Crippen molar-refractivity contribution < 1.29 is 4.74 Å². The van der Waals surface area contributed by atoms with Gasteiger partial charge in [0.2, 0.25) is 0 Å². The summed E-state index contributed by atoms with van der Waals surface area (Å²) >= 11 is 1.67. The molecule has 1 atom stereocenters. The van der Waals surface area contributed by atoms with Crippen molar-refractivity contribution in [1.82, 2.24) is 10.2 Å². The molecule has 1 aromatic heterocycles. The standard InChI is InChI=1S/C10H17N3OS/c11-5-4-9-12-13-10(15-9)7-8-3-1-2-6-14-8/h8H,1-7,11H2. The van der Waals surface area contributed by atoms with Crippen LogP contribution in [0.15, 0.2) is 0 Å². The Bertz CT molecular complexity index is 297. The smallest absolute Gasteiger partial charge is 0.120 e. The van der Waals surface area contributed by atoms with Crippen LogP contribution in [0.3, 0.4) is 0 Å². The molecular weight excluding hydrogens is 210 g/mol. The fourth-order valence-electron chi connectivity index (χ4n) is 1.76. The molecule has 15 heavy (non-hydrogen) atoms. The number of nitrogens with two attached hydrogens (primary N) is 1. The van der Waals surface area contributed by atoms with Crippen molar-refractivity contribution in [3.8, 4) is 0 Å². The van der Waals surface area contributed by atoms with Gasteiger partial charge in [0.1, 0.15) is 10.0 Å². The fraction of sp³-hybridized carbons (Fsp3) is 0.800. The van der Waals surface area contributed by atoms with E-state index >= 15 is 0 Å². The highest BCUT2D eigenvalue weighted by Crippen LogP contribution is 2.19. The van der Waals surface area contributed by atoms with E-state index in [9.17, 15) is 0 Å². The van der Waals surface area contributed by atoms with Crippen LogP contribution in [0, 0.1) is 0 Å². The minimum atomic E-state index is 0.359. The Balaban J connectivity index is 1.86. The van der Waals surface area contributed by atoms with E-state index in [0.717, 1.165) is 35.9 Å². The number of ether oxygens (including phenoxy) is 1. The number of rotatable bonds is 4. The summed E-state index contributed by atoms with van der Waals surface area (Å²) in [7, 11) is 0. The topological polar surface area (TPSA) is 61.0 Å². The molecule has 2 N–H and O–H groups in total. The van der Waals surface area contributed by atoms with Gasteiger partial charge in [-0.1, -0.05) is 0 Å². The molecule has 2 heterocycles. The van der Waals surface area contributed by atoms with Crippen LogP contribution in [0.2, 0.25) is 0 Å². The SMILES string of the molecule is NCCc1nnc(CC2CCCCO2)s1. The maximum Gasteiger partial charge on any atom is 0.120 e. The molecule has 1 saturated heterocycles. The highest BCUT2D eigenvalue weighted by Gasteiger charge is 2.16. The van der Waals surface area contributed by atoms with Crippen LogP contribution < -0.4 is 5.73 Å². The highest BCUT2D eigenvalue weighted by molar-refractivity contribution is 7.11. The molecule has 2 rings (SSSR count). The fourth-order valence-corrected chi connectivity index (χ4v) is 2.68. The minimum absolute atomic E-state index is 0.359. The van der Waals surface area contributed by atoms with Crippen LogP contribution in [0.4, 0.5) is 0 Å². The van der Waals surface area contributed by atoms with Gasteiger partial charge in [0.15, 0.2) is 0 Å². The Morgan fingerprint density at radius 3 is 2.93 bits per heavy atom. The molecule has 0 bridgehead atoms. The average Bonchev–Trinajstić information content (AvgIpc) is 2.68. The molecule has 0 saturated carbocycles. The van der Waals surface area contributed by atoms with E-state index in [0.29, 0.717) is 12.6 Å². The molecule has 0 radical (unpaired) electrons. The first-order valence-corrected chi connectivity index (χ1v) is 6.33. The van der Waals surface area contributed by atoms with Crippen molar-refractivity contribution in [3.05, 3.63) is 10.0 Å². The quantitative estimate of drug-likeness (QED) is 0.838. The number of aromatic nitrogens is 2. The van der Waals surface area contributed by atoms with Crippen molar-refractivity contribution in [3.63, 3.8) is 0 Å². The molecule has 84 valence electrons. The number of nitrogens with zero attached hydrogens (tertiary/aromatic N) is 2. The van der Waals surface area contributed by atoms with Crippen LogP contribution in [-0.4, -0.2) is 29.5 Å². The molecule has 0 amide bonds. The number of hydrogen-bond acceptors (Lipinski definition) is 5. The van der Waals surface area contributed by atoms with E-state index < -0.39 is 0 Å². The monoisotopic (exact) mass is 227 g/mol. The van der Waals surface area contributed by atoms with Crippen molar-refractivity contribution >= 4 is 11.3 Å². The van der Waals surface area contributed by atoms with E-state index in [4.69, 9.17) is 10.5 Å². The second kappa shape index (κ2) is 5.53. The summed E-state index contributed by atoms with van der Waals surface area (Å²) in [4.78, 5) is 0. The Labute approximate surface area is 93.8 Å². The Hall–Kier alpha value is -0.520. The van der Waals surface area contributed by atoms with Crippen LogP contribution in [-0.2, 0) is 17.6 Å². The van der Waals surface area contributed by atoms with Gasteiger partial charge in [0.05, 0.1) is 6.10 Å². The maximum absolute atomic E-state index is 5.67. The van der Waals surface area contributed by atoms with E-state index in [2.05, 4.69) is 10.2 Å². The lowest BCUT2D eigenvalue weighted by Crippen LogP contribution is -2.21. The van der Waals surface area contributed by atoms with Gasteiger partial charge in [0, 0.05) is 19.4 Å². The lowest BCUT2D eigenvalue weighted by molar-refractivity contribution is 0.0167. The first kappa shape index (κ1) is 11.0. The van der Waals surface area contributed by atoms with Gasteiger partial charge in [-0.3, -0.25) is 0 Å². The second-order valence-electron chi connectivity index (χ2n) is 3.82. The van der Waals surface area contributed by atoms with E-state index in [1.54, 1.807) is 11.3 Å². The van der Waals surface area contributed by atoms with Gasteiger partial charge in [-0.15, -0.1) is 21.5 Å². The highest BCUT2D eigenvalue weighted by atomic mass is 32.1. The molecule has 1 aliphatic heterocycles.